The summed E-state index contributed by atoms with van der Waals surface area (Å²) in [5.74, 6) is 0.765. The average molecular weight is 231 g/mol. The van der Waals surface area contributed by atoms with E-state index in [1.165, 1.54) is 37.7 Å². The molecule has 1 aliphatic carbocycles. The molecule has 1 heteroatoms. The van der Waals surface area contributed by atoms with E-state index in [1.807, 2.05) is 0 Å². The van der Waals surface area contributed by atoms with Gasteiger partial charge in [0.1, 0.15) is 0 Å². The van der Waals surface area contributed by atoms with Gasteiger partial charge >= 0.3 is 0 Å². The summed E-state index contributed by atoms with van der Waals surface area (Å²) in [6.45, 7) is 2.24. The average Bonchev–Trinajstić information content (AvgIpc) is 2.64. The van der Waals surface area contributed by atoms with Crippen molar-refractivity contribution in [2.24, 2.45) is 0 Å². The topological polar surface area (TPSA) is 12.0 Å². The lowest BCUT2D eigenvalue weighted by Gasteiger charge is -2.20. The molecule has 0 aliphatic heterocycles. The second kappa shape index (κ2) is 6.20. The summed E-state index contributed by atoms with van der Waals surface area (Å²) in [5.41, 5.74) is 3.04. The van der Waals surface area contributed by atoms with Crippen LogP contribution in [0, 0.1) is 0 Å². The van der Waals surface area contributed by atoms with Crippen LogP contribution in [0.25, 0.3) is 0 Å². The molecule has 0 spiro atoms. The first kappa shape index (κ1) is 12.6. The van der Waals surface area contributed by atoms with E-state index < -0.39 is 0 Å². The van der Waals surface area contributed by atoms with E-state index in [1.54, 1.807) is 5.56 Å². The Morgan fingerprint density at radius 2 is 2.06 bits per heavy atom. The minimum absolute atomic E-state index is 0.716. The van der Waals surface area contributed by atoms with Crippen LogP contribution in [0.15, 0.2) is 24.3 Å². The number of benzene rings is 1. The van der Waals surface area contributed by atoms with Crippen molar-refractivity contribution in [3.05, 3.63) is 35.4 Å². The lowest BCUT2D eigenvalue weighted by molar-refractivity contribution is 0.471. The molecule has 1 aromatic carbocycles. The smallest absolute Gasteiger partial charge is 0.00698 e. The van der Waals surface area contributed by atoms with Crippen molar-refractivity contribution in [1.29, 1.82) is 0 Å². The van der Waals surface area contributed by atoms with E-state index in [9.17, 15) is 0 Å². The van der Waals surface area contributed by atoms with Crippen LogP contribution in [0.1, 0.15) is 56.1 Å². The first-order chi connectivity index (χ1) is 8.33. The Morgan fingerprint density at radius 1 is 1.24 bits per heavy atom. The van der Waals surface area contributed by atoms with E-state index in [-0.39, 0.29) is 0 Å². The van der Waals surface area contributed by atoms with Gasteiger partial charge in [-0.3, -0.25) is 0 Å². The van der Waals surface area contributed by atoms with Crippen LogP contribution < -0.4 is 5.32 Å². The standard InChI is InChI=1S/C16H25N/c1-3-13-7-6-9-14(11-13)15-8-4-5-10-16(12-15)17-2/h6-7,9,11,15-17H,3-5,8,10,12H2,1-2H3. The highest BCUT2D eigenvalue weighted by molar-refractivity contribution is 5.26. The molecular formula is C16H25N. The van der Waals surface area contributed by atoms with Crippen LogP contribution in [-0.2, 0) is 6.42 Å². The van der Waals surface area contributed by atoms with Crippen LogP contribution in [0.2, 0.25) is 0 Å². The maximum absolute atomic E-state index is 3.47. The third-order valence-electron chi connectivity index (χ3n) is 4.16. The Morgan fingerprint density at radius 3 is 2.82 bits per heavy atom. The van der Waals surface area contributed by atoms with E-state index in [0.717, 1.165) is 12.3 Å². The Kier molecular flexibility index (Phi) is 4.61. The highest BCUT2D eigenvalue weighted by Gasteiger charge is 2.20. The number of aryl methyl sites for hydroxylation is 1. The van der Waals surface area contributed by atoms with Crippen LogP contribution in [0.4, 0.5) is 0 Å². The molecule has 0 heterocycles. The molecule has 0 amide bonds. The lowest BCUT2D eigenvalue weighted by Crippen LogP contribution is -2.25. The van der Waals surface area contributed by atoms with Crippen LogP contribution in [0.5, 0.6) is 0 Å². The van der Waals surface area contributed by atoms with Crippen molar-refractivity contribution < 1.29 is 0 Å². The normalized spacial score (nSPS) is 25.5. The number of hydrogen-bond acceptors (Lipinski definition) is 1. The maximum Gasteiger partial charge on any atom is 0.00698 e. The Balaban J connectivity index is 2.13. The van der Waals surface area contributed by atoms with E-state index in [2.05, 4.69) is 43.6 Å². The van der Waals surface area contributed by atoms with Crippen molar-refractivity contribution in [2.75, 3.05) is 7.05 Å². The highest BCUT2D eigenvalue weighted by atomic mass is 14.9. The van der Waals surface area contributed by atoms with Crippen molar-refractivity contribution in [2.45, 2.75) is 57.4 Å². The van der Waals surface area contributed by atoms with Gasteiger partial charge in [0.2, 0.25) is 0 Å². The van der Waals surface area contributed by atoms with Crippen LogP contribution in [0.3, 0.4) is 0 Å². The van der Waals surface area contributed by atoms with E-state index >= 15 is 0 Å². The summed E-state index contributed by atoms with van der Waals surface area (Å²) in [5, 5.41) is 3.47. The molecule has 2 unspecified atom stereocenters. The number of rotatable bonds is 3. The van der Waals surface area contributed by atoms with Gasteiger partial charge < -0.3 is 5.32 Å². The molecule has 0 aromatic heterocycles. The van der Waals surface area contributed by atoms with Crippen molar-refractivity contribution >= 4 is 0 Å². The summed E-state index contributed by atoms with van der Waals surface area (Å²) in [6, 6.07) is 9.93. The first-order valence-electron chi connectivity index (χ1n) is 7.09. The van der Waals surface area contributed by atoms with Gasteiger partial charge in [-0.2, -0.15) is 0 Å². The third-order valence-corrected chi connectivity index (χ3v) is 4.16. The van der Waals surface area contributed by atoms with Gasteiger partial charge in [0, 0.05) is 6.04 Å². The first-order valence-corrected chi connectivity index (χ1v) is 7.09. The van der Waals surface area contributed by atoms with Gasteiger partial charge in [-0.1, -0.05) is 44.0 Å². The fourth-order valence-electron chi connectivity index (χ4n) is 2.99. The summed E-state index contributed by atoms with van der Waals surface area (Å²) < 4.78 is 0. The van der Waals surface area contributed by atoms with E-state index in [0.29, 0.717) is 6.04 Å². The minimum Gasteiger partial charge on any atom is -0.317 e. The second-order valence-corrected chi connectivity index (χ2v) is 5.30. The largest absolute Gasteiger partial charge is 0.317 e. The highest BCUT2D eigenvalue weighted by Crippen LogP contribution is 2.32. The molecular weight excluding hydrogens is 206 g/mol. The van der Waals surface area contributed by atoms with Gasteiger partial charge in [-0.05, 0) is 49.8 Å². The molecule has 1 N–H and O–H groups in total. The van der Waals surface area contributed by atoms with Crippen LogP contribution >= 0.6 is 0 Å². The monoisotopic (exact) mass is 231 g/mol. The van der Waals surface area contributed by atoms with E-state index in [4.69, 9.17) is 0 Å². The second-order valence-electron chi connectivity index (χ2n) is 5.30. The SMILES string of the molecule is CCc1cccc(C2CCCCC(NC)C2)c1. The van der Waals surface area contributed by atoms with Gasteiger partial charge in [0.05, 0.1) is 0 Å². The van der Waals surface area contributed by atoms with Crippen LogP contribution in [-0.4, -0.2) is 13.1 Å². The number of nitrogens with one attached hydrogen (secondary N) is 1. The molecule has 0 saturated heterocycles. The molecule has 2 rings (SSSR count). The number of hydrogen-bond donors (Lipinski definition) is 1. The zero-order valence-electron chi connectivity index (χ0n) is 11.2. The molecule has 1 fully saturated rings. The molecule has 2 atom stereocenters. The predicted molar refractivity (Wildman–Crippen MR) is 74.5 cm³/mol. The maximum atomic E-state index is 3.47. The van der Waals surface area contributed by atoms with Crippen molar-refractivity contribution in [3.8, 4) is 0 Å². The molecule has 1 saturated carbocycles. The van der Waals surface area contributed by atoms with Gasteiger partial charge in [-0.25, -0.2) is 0 Å². The minimum atomic E-state index is 0.716. The molecule has 1 aliphatic rings. The summed E-state index contributed by atoms with van der Waals surface area (Å²) in [6.07, 6.45) is 7.94. The summed E-state index contributed by atoms with van der Waals surface area (Å²) in [7, 11) is 2.11. The summed E-state index contributed by atoms with van der Waals surface area (Å²) >= 11 is 0. The predicted octanol–water partition coefficient (Wildman–Crippen LogP) is 3.88. The quantitative estimate of drug-likeness (QED) is 0.778. The fraction of sp³-hybridized carbons (Fsp3) is 0.625. The Bertz CT molecular complexity index is 345. The molecule has 0 radical (unpaired) electrons. The Hall–Kier alpha value is -0.820. The molecule has 1 nitrogen and oxygen atoms in total. The third kappa shape index (κ3) is 3.32. The lowest BCUT2D eigenvalue weighted by atomic mass is 9.89. The fourth-order valence-corrected chi connectivity index (χ4v) is 2.99. The molecule has 94 valence electrons. The van der Waals surface area contributed by atoms with Crippen molar-refractivity contribution in [3.63, 3.8) is 0 Å². The molecule has 0 bridgehead atoms. The Labute approximate surface area is 106 Å². The molecule has 17 heavy (non-hydrogen) atoms. The summed E-state index contributed by atoms with van der Waals surface area (Å²) in [4.78, 5) is 0. The zero-order chi connectivity index (χ0) is 12.1. The zero-order valence-corrected chi connectivity index (χ0v) is 11.2. The van der Waals surface area contributed by atoms with Crippen molar-refractivity contribution in [1.82, 2.24) is 5.32 Å². The molecule has 1 aromatic rings. The van der Waals surface area contributed by atoms with Gasteiger partial charge in [0.15, 0.2) is 0 Å². The van der Waals surface area contributed by atoms with Gasteiger partial charge in [0.25, 0.3) is 0 Å². The van der Waals surface area contributed by atoms with Gasteiger partial charge in [-0.15, -0.1) is 0 Å².